The zero-order valence-electron chi connectivity index (χ0n) is 11.2. The van der Waals surface area contributed by atoms with Gasteiger partial charge in [-0.1, -0.05) is 0 Å². The second-order valence-electron chi connectivity index (χ2n) is 4.49. The Labute approximate surface area is 107 Å². The summed E-state index contributed by atoms with van der Waals surface area (Å²) in [6.07, 6.45) is 1.74. The number of ether oxygens (including phenoxy) is 1. The third kappa shape index (κ3) is 4.83. The number of carbonyl (C=O) groups excluding carboxylic acids is 2. The first-order chi connectivity index (χ1) is 8.50. The van der Waals surface area contributed by atoms with E-state index in [9.17, 15) is 9.59 Å². The molecule has 2 amide bonds. The largest absolute Gasteiger partial charge is 0.379 e. The summed E-state index contributed by atoms with van der Waals surface area (Å²) in [4.78, 5) is 22.9. The van der Waals surface area contributed by atoms with Gasteiger partial charge >= 0.3 is 0 Å². The van der Waals surface area contributed by atoms with Crippen molar-refractivity contribution >= 4 is 17.5 Å². The van der Waals surface area contributed by atoms with E-state index in [-0.39, 0.29) is 17.9 Å². The van der Waals surface area contributed by atoms with Gasteiger partial charge in [-0.2, -0.15) is 5.10 Å². The Morgan fingerprint density at radius 2 is 2.22 bits per heavy atom. The van der Waals surface area contributed by atoms with Crippen molar-refractivity contribution in [3.05, 3.63) is 0 Å². The highest BCUT2D eigenvalue weighted by atomic mass is 16.5. The van der Waals surface area contributed by atoms with E-state index in [4.69, 9.17) is 4.74 Å². The summed E-state index contributed by atoms with van der Waals surface area (Å²) >= 11 is 0. The van der Waals surface area contributed by atoms with E-state index in [1.165, 1.54) is 5.01 Å². The monoisotopic (exact) mass is 255 g/mol. The zero-order chi connectivity index (χ0) is 13.5. The lowest BCUT2D eigenvalue weighted by molar-refractivity contribution is -0.130. The summed E-state index contributed by atoms with van der Waals surface area (Å²) in [5, 5.41) is 7.94. The van der Waals surface area contributed by atoms with Crippen LogP contribution in [0.5, 0.6) is 0 Å². The Balaban J connectivity index is 2.25. The fraction of sp³-hybridized carbons (Fsp3) is 0.750. The molecule has 1 rings (SSSR count). The van der Waals surface area contributed by atoms with Crippen molar-refractivity contribution in [2.75, 3.05) is 20.2 Å². The van der Waals surface area contributed by atoms with Gasteiger partial charge in [-0.05, 0) is 20.3 Å². The minimum Gasteiger partial charge on any atom is -0.379 e. The number of hydrogen-bond acceptors (Lipinski definition) is 4. The summed E-state index contributed by atoms with van der Waals surface area (Å²) in [6, 6.07) is 0. The molecule has 0 saturated carbocycles. The first-order valence-electron chi connectivity index (χ1n) is 6.24. The minimum absolute atomic E-state index is 0.0584. The normalized spacial score (nSPS) is 15.9. The van der Waals surface area contributed by atoms with Crippen LogP contribution in [0.1, 0.15) is 33.1 Å². The van der Waals surface area contributed by atoms with Crippen LogP contribution >= 0.6 is 0 Å². The Hall–Kier alpha value is -1.43. The number of nitrogens with one attached hydrogen (secondary N) is 1. The molecule has 0 aromatic heterocycles. The number of hydrogen-bond donors (Lipinski definition) is 1. The third-order valence-corrected chi connectivity index (χ3v) is 2.53. The molecule has 0 radical (unpaired) electrons. The molecule has 1 aliphatic rings. The maximum atomic E-state index is 11.7. The Bertz CT molecular complexity index is 339. The second-order valence-corrected chi connectivity index (χ2v) is 4.49. The molecule has 0 spiro atoms. The third-order valence-electron chi connectivity index (χ3n) is 2.53. The minimum atomic E-state index is -0.195. The van der Waals surface area contributed by atoms with Crippen LogP contribution in [-0.2, 0) is 14.3 Å². The van der Waals surface area contributed by atoms with Crippen molar-refractivity contribution in [2.24, 2.45) is 5.10 Å². The molecule has 0 saturated heterocycles. The summed E-state index contributed by atoms with van der Waals surface area (Å²) in [7, 11) is 1.56. The number of nitrogens with zero attached hydrogens (tertiary/aromatic N) is 2. The quantitative estimate of drug-likeness (QED) is 0.704. The van der Waals surface area contributed by atoms with E-state index >= 15 is 0 Å². The van der Waals surface area contributed by atoms with Gasteiger partial charge in [0.15, 0.2) is 0 Å². The van der Waals surface area contributed by atoms with Crippen molar-refractivity contribution in [2.45, 2.75) is 39.2 Å². The molecule has 0 aromatic carbocycles. The lowest BCUT2D eigenvalue weighted by atomic mass is 10.1. The molecule has 1 aliphatic heterocycles. The first kappa shape index (κ1) is 14.6. The van der Waals surface area contributed by atoms with Gasteiger partial charge in [0, 0.05) is 33.0 Å². The van der Waals surface area contributed by atoms with Gasteiger partial charge in [-0.25, -0.2) is 5.01 Å². The Kier molecular flexibility index (Phi) is 5.77. The van der Waals surface area contributed by atoms with E-state index in [2.05, 4.69) is 10.4 Å². The lowest BCUT2D eigenvalue weighted by Crippen LogP contribution is -2.38. The fourth-order valence-electron chi connectivity index (χ4n) is 1.53. The SMILES string of the molecule is CC(C)OCCCNC(=O)C1=NN(C)C(=O)CC1. The van der Waals surface area contributed by atoms with Crippen molar-refractivity contribution in [1.82, 2.24) is 10.3 Å². The molecular formula is C12H21N3O3. The number of carbonyl (C=O) groups is 2. The average molecular weight is 255 g/mol. The van der Waals surface area contributed by atoms with Crippen LogP contribution in [0.4, 0.5) is 0 Å². The molecule has 1 N–H and O–H groups in total. The summed E-state index contributed by atoms with van der Waals surface area (Å²) in [5.41, 5.74) is 0.418. The van der Waals surface area contributed by atoms with Crippen molar-refractivity contribution in [3.63, 3.8) is 0 Å². The lowest BCUT2D eigenvalue weighted by Gasteiger charge is -2.18. The van der Waals surface area contributed by atoms with E-state index in [0.29, 0.717) is 31.7 Å². The van der Waals surface area contributed by atoms with Gasteiger partial charge in [0.1, 0.15) is 5.71 Å². The maximum absolute atomic E-state index is 11.7. The van der Waals surface area contributed by atoms with Gasteiger partial charge < -0.3 is 10.1 Å². The van der Waals surface area contributed by atoms with E-state index in [1.807, 2.05) is 13.8 Å². The van der Waals surface area contributed by atoms with E-state index in [1.54, 1.807) is 7.05 Å². The zero-order valence-corrected chi connectivity index (χ0v) is 11.2. The van der Waals surface area contributed by atoms with Crippen molar-refractivity contribution in [1.29, 1.82) is 0 Å². The summed E-state index contributed by atoms with van der Waals surface area (Å²) in [5.74, 6) is -0.254. The van der Waals surface area contributed by atoms with Gasteiger partial charge in [0.2, 0.25) is 5.91 Å². The summed E-state index contributed by atoms with van der Waals surface area (Å²) < 4.78 is 5.37. The van der Waals surface area contributed by atoms with E-state index < -0.39 is 0 Å². The molecule has 1 heterocycles. The Morgan fingerprint density at radius 3 is 2.83 bits per heavy atom. The summed E-state index contributed by atoms with van der Waals surface area (Å²) in [6.45, 7) is 5.13. The van der Waals surface area contributed by atoms with Gasteiger partial charge in [0.05, 0.1) is 6.10 Å². The molecule has 102 valence electrons. The number of amides is 2. The average Bonchev–Trinajstić information content (AvgIpc) is 2.31. The highest BCUT2D eigenvalue weighted by Crippen LogP contribution is 2.06. The van der Waals surface area contributed by atoms with Crippen LogP contribution in [-0.4, -0.2) is 48.8 Å². The molecule has 0 aromatic rings. The first-order valence-corrected chi connectivity index (χ1v) is 6.24. The predicted octanol–water partition coefficient (Wildman–Crippen LogP) is 0.526. The molecule has 0 bridgehead atoms. The van der Waals surface area contributed by atoms with Crippen LogP contribution < -0.4 is 5.32 Å². The van der Waals surface area contributed by atoms with Gasteiger partial charge in [0.25, 0.3) is 5.91 Å². The number of rotatable bonds is 6. The highest BCUT2D eigenvalue weighted by Gasteiger charge is 2.21. The van der Waals surface area contributed by atoms with Crippen LogP contribution in [0.25, 0.3) is 0 Å². The van der Waals surface area contributed by atoms with Crippen LogP contribution in [0.3, 0.4) is 0 Å². The molecule has 6 heteroatoms. The fourth-order valence-corrected chi connectivity index (χ4v) is 1.53. The van der Waals surface area contributed by atoms with E-state index in [0.717, 1.165) is 6.42 Å². The second kappa shape index (κ2) is 7.10. The highest BCUT2D eigenvalue weighted by molar-refractivity contribution is 6.39. The van der Waals surface area contributed by atoms with Crippen LogP contribution in [0.15, 0.2) is 5.10 Å². The molecule has 0 fully saturated rings. The van der Waals surface area contributed by atoms with Crippen LogP contribution in [0.2, 0.25) is 0 Å². The predicted molar refractivity (Wildman–Crippen MR) is 68.2 cm³/mol. The number of hydrazone groups is 1. The van der Waals surface area contributed by atoms with Crippen molar-refractivity contribution < 1.29 is 14.3 Å². The molecular weight excluding hydrogens is 234 g/mol. The standard InChI is InChI=1S/C12H21N3O3/c1-9(2)18-8-4-7-13-12(17)10-5-6-11(16)15(3)14-10/h9H,4-8H2,1-3H3,(H,13,17). The Morgan fingerprint density at radius 1 is 1.50 bits per heavy atom. The smallest absolute Gasteiger partial charge is 0.267 e. The molecule has 0 unspecified atom stereocenters. The van der Waals surface area contributed by atoms with Crippen LogP contribution in [0, 0.1) is 0 Å². The molecule has 6 nitrogen and oxygen atoms in total. The van der Waals surface area contributed by atoms with Crippen molar-refractivity contribution in [3.8, 4) is 0 Å². The molecule has 18 heavy (non-hydrogen) atoms. The molecule has 0 atom stereocenters. The molecule has 0 aliphatic carbocycles. The van der Waals surface area contributed by atoms with Gasteiger partial charge in [-0.3, -0.25) is 9.59 Å². The maximum Gasteiger partial charge on any atom is 0.267 e. The topological polar surface area (TPSA) is 71.0 Å². The van der Waals surface area contributed by atoms with Gasteiger partial charge in [-0.15, -0.1) is 0 Å².